The van der Waals surface area contributed by atoms with Crippen molar-refractivity contribution in [3.05, 3.63) is 138 Å². The third kappa shape index (κ3) is 3.99. The van der Waals surface area contributed by atoms with Crippen molar-refractivity contribution in [1.29, 1.82) is 0 Å². The highest BCUT2D eigenvalue weighted by Crippen LogP contribution is 2.60. The van der Waals surface area contributed by atoms with E-state index in [2.05, 4.69) is 122 Å². The van der Waals surface area contributed by atoms with Crippen LogP contribution < -0.4 is 9.97 Å². The zero-order valence-corrected chi connectivity index (χ0v) is 20.4. The highest BCUT2D eigenvalue weighted by Gasteiger charge is 2.37. The summed E-state index contributed by atoms with van der Waals surface area (Å²) in [6, 6.07) is 40.0. The first-order valence-electron chi connectivity index (χ1n) is 11.0. The summed E-state index contributed by atoms with van der Waals surface area (Å²) in [6.45, 7) is 4.28. The summed E-state index contributed by atoms with van der Waals surface area (Å²) < 4.78 is 7.73. The second kappa shape index (κ2) is 8.94. The van der Waals surface area contributed by atoms with Gasteiger partial charge >= 0.3 is 0 Å². The molecule has 0 radical (unpaired) electrons. The van der Waals surface area contributed by atoms with Gasteiger partial charge in [-0.3, -0.25) is 4.67 Å². The van der Waals surface area contributed by atoms with Crippen LogP contribution in [0.25, 0.3) is 5.70 Å². The number of benzene rings is 4. The van der Waals surface area contributed by atoms with Gasteiger partial charge in [0.05, 0.1) is 11.4 Å². The molecule has 5 rings (SSSR count). The van der Waals surface area contributed by atoms with E-state index in [-0.39, 0.29) is 0 Å². The average molecular weight is 465 g/mol. The van der Waals surface area contributed by atoms with Crippen LogP contribution >= 0.6 is 6.34 Å². The van der Waals surface area contributed by atoms with Gasteiger partial charge in [0.2, 0.25) is 0 Å². The van der Waals surface area contributed by atoms with Gasteiger partial charge in [-0.25, -0.2) is 4.76 Å². The number of allylic oxidation sites excluding steroid dienone is 1. The van der Waals surface area contributed by atoms with E-state index in [0.29, 0.717) is 0 Å². The van der Waals surface area contributed by atoms with E-state index >= 15 is 0 Å². The molecule has 4 heteroatoms. The van der Waals surface area contributed by atoms with E-state index < -0.39 is 6.34 Å². The number of hydrogen-bond donors (Lipinski definition) is 0. The van der Waals surface area contributed by atoms with Gasteiger partial charge < -0.3 is 0 Å². The molecular formula is C29H25N2PS. The molecule has 1 atom stereocenters. The molecule has 1 heterocycles. The molecule has 0 fully saturated rings. The van der Waals surface area contributed by atoms with E-state index in [1.165, 1.54) is 5.56 Å². The average Bonchev–Trinajstić information content (AvgIpc) is 2.87. The van der Waals surface area contributed by atoms with Gasteiger partial charge in [-0.2, -0.15) is 0 Å². The molecule has 0 saturated carbocycles. The lowest BCUT2D eigenvalue weighted by molar-refractivity contribution is 1.33. The van der Waals surface area contributed by atoms with Crippen LogP contribution in [-0.4, -0.2) is 5.71 Å². The summed E-state index contributed by atoms with van der Waals surface area (Å²) in [5.74, 6) is 0. The van der Waals surface area contributed by atoms with Crippen LogP contribution in [-0.2, 0) is 11.8 Å². The van der Waals surface area contributed by atoms with Crippen LogP contribution in [0.2, 0.25) is 0 Å². The Hall–Kier alpha value is -3.26. The lowest BCUT2D eigenvalue weighted by Crippen LogP contribution is -2.30. The minimum Gasteiger partial charge on any atom is -0.291 e. The van der Waals surface area contributed by atoms with Gasteiger partial charge in [0.15, 0.2) is 6.34 Å². The molecule has 4 aromatic carbocycles. The normalized spacial score (nSPS) is 18.2. The number of hydrogen-bond acceptors (Lipinski definition) is 1. The second-order valence-electron chi connectivity index (χ2n) is 8.18. The molecule has 0 N–H and O–H groups in total. The number of nitrogens with zero attached hydrogens (tertiary/aromatic N) is 2. The molecule has 1 aliphatic rings. The minimum atomic E-state index is -2.60. The van der Waals surface area contributed by atoms with Crippen molar-refractivity contribution in [2.75, 3.05) is 4.67 Å². The van der Waals surface area contributed by atoms with Crippen LogP contribution in [0.15, 0.2) is 126 Å². The van der Waals surface area contributed by atoms with Crippen molar-refractivity contribution >= 4 is 40.5 Å². The molecule has 1 unspecified atom stereocenters. The summed E-state index contributed by atoms with van der Waals surface area (Å²) in [5.41, 5.74) is 7.76. The monoisotopic (exact) mass is 464 g/mol. The van der Waals surface area contributed by atoms with E-state index in [1.54, 1.807) is 0 Å². The van der Waals surface area contributed by atoms with Crippen LogP contribution in [0, 0.1) is 6.92 Å². The van der Waals surface area contributed by atoms with Crippen LogP contribution in [0.5, 0.6) is 0 Å². The number of anilines is 1. The minimum absolute atomic E-state index is 0.977. The topological polar surface area (TPSA) is 15.6 Å². The highest BCUT2D eigenvalue weighted by atomic mass is 32.4. The summed E-state index contributed by atoms with van der Waals surface area (Å²) in [4.78, 5) is 0. The molecule has 162 valence electrons. The number of rotatable bonds is 4. The van der Waals surface area contributed by atoms with Gasteiger partial charge in [0.25, 0.3) is 0 Å². The predicted octanol–water partition coefficient (Wildman–Crippen LogP) is 7.37. The largest absolute Gasteiger partial charge is 0.291 e. The summed E-state index contributed by atoms with van der Waals surface area (Å²) in [6.07, 6.45) is -2.60. The Balaban J connectivity index is 1.85. The molecular weight excluding hydrogens is 439 g/mol. The fourth-order valence-corrected chi connectivity index (χ4v) is 7.89. The second-order valence-corrected chi connectivity index (χ2v) is 11.9. The maximum atomic E-state index is 6.58. The lowest BCUT2D eigenvalue weighted by Gasteiger charge is -2.41. The first-order valence-corrected chi connectivity index (χ1v) is 13.7. The van der Waals surface area contributed by atoms with Crippen molar-refractivity contribution in [2.24, 2.45) is 4.76 Å². The van der Waals surface area contributed by atoms with Crippen LogP contribution in [0.3, 0.4) is 0 Å². The van der Waals surface area contributed by atoms with Gasteiger partial charge in [0, 0.05) is 16.6 Å². The third-order valence-electron chi connectivity index (χ3n) is 5.89. The van der Waals surface area contributed by atoms with Crippen LogP contribution in [0.4, 0.5) is 5.69 Å². The smallest absolute Gasteiger partial charge is 0.176 e. The van der Waals surface area contributed by atoms with Crippen molar-refractivity contribution in [1.82, 2.24) is 0 Å². The molecule has 4 aromatic rings. The molecule has 0 spiro atoms. The molecule has 0 aliphatic carbocycles. The molecule has 0 amide bonds. The third-order valence-corrected chi connectivity index (χ3v) is 9.68. The fourth-order valence-electron chi connectivity index (χ4n) is 4.23. The van der Waals surface area contributed by atoms with Crippen molar-refractivity contribution in [3.8, 4) is 0 Å². The maximum Gasteiger partial charge on any atom is 0.176 e. The molecule has 1 aliphatic heterocycles. The Morgan fingerprint density at radius 2 is 1.15 bits per heavy atom. The lowest BCUT2D eigenvalue weighted by atomic mass is 9.98. The van der Waals surface area contributed by atoms with Crippen molar-refractivity contribution < 1.29 is 0 Å². The zero-order chi connectivity index (χ0) is 22.8. The first kappa shape index (κ1) is 21.6. The molecule has 33 heavy (non-hydrogen) atoms. The van der Waals surface area contributed by atoms with E-state index in [1.807, 2.05) is 12.1 Å². The molecule has 0 saturated heterocycles. The van der Waals surface area contributed by atoms with E-state index in [4.69, 9.17) is 16.6 Å². The maximum absolute atomic E-state index is 6.58. The Morgan fingerprint density at radius 3 is 1.73 bits per heavy atom. The van der Waals surface area contributed by atoms with Gasteiger partial charge in [-0.1, -0.05) is 109 Å². The Bertz CT molecular complexity index is 1380. The van der Waals surface area contributed by atoms with Gasteiger partial charge in [-0.15, -0.1) is 0 Å². The number of aryl methyl sites for hydroxylation is 1. The highest BCUT2D eigenvalue weighted by molar-refractivity contribution is 8.18. The summed E-state index contributed by atoms with van der Waals surface area (Å²) in [7, 11) is 0. The Morgan fingerprint density at radius 1 is 0.636 bits per heavy atom. The standard InChI is InChI=1S/C29H25N2PS/c1-22-18-20-26(21-19-22)31-29(25-14-8-4-9-15-25)23(2)28(24-12-6-3-7-13-24)30-32(31,33)27-16-10-5-11-17-27/h3-21H,1-2H3. The quantitative estimate of drug-likeness (QED) is 0.293. The fraction of sp³-hybridized carbons (Fsp3) is 0.0690. The van der Waals surface area contributed by atoms with Crippen molar-refractivity contribution in [3.63, 3.8) is 0 Å². The SMILES string of the molecule is CC1=C(c2ccccc2)N(c2ccc(C)cc2)P(=S)(c2ccccc2)N=C1c1ccccc1. The van der Waals surface area contributed by atoms with E-state index in [0.717, 1.165) is 39.1 Å². The summed E-state index contributed by atoms with van der Waals surface area (Å²) in [5, 5.41) is 1.08. The Labute approximate surface area is 201 Å². The van der Waals surface area contributed by atoms with E-state index in [9.17, 15) is 0 Å². The van der Waals surface area contributed by atoms with Gasteiger partial charge in [0.1, 0.15) is 0 Å². The zero-order valence-electron chi connectivity index (χ0n) is 18.7. The Kier molecular flexibility index (Phi) is 5.85. The van der Waals surface area contributed by atoms with Gasteiger partial charge in [-0.05, 0) is 48.9 Å². The first-order chi connectivity index (χ1) is 16.1. The molecule has 2 nitrogen and oxygen atoms in total. The summed E-state index contributed by atoms with van der Waals surface area (Å²) >= 11 is 6.58. The molecule has 0 aromatic heterocycles. The molecule has 0 bridgehead atoms. The van der Waals surface area contributed by atoms with Crippen LogP contribution in [0.1, 0.15) is 23.6 Å². The van der Waals surface area contributed by atoms with Crippen molar-refractivity contribution in [2.45, 2.75) is 13.8 Å². The predicted molar refractivity (Wildman–Crippen MR) is 146 cm³/mol.